The van der Waals surface area contributed by atoms with Gasteiger partial charge in [0, 0.05) is 4.90 Å². The van der Waals surface area contributed by atoms with Crippen LogP contribution in [0.25, 0.3) is 0 Å². The summed E-state index contributed by atoms with van der Waals surface area (Å²) >= 11 is 1.48. The lowest BCUT2D eigenvalue weighted by molar-refractivity contribution is -0.118. The van der Waals surface area contributed by atoms with Crippen molar-refractivity contribution in [2.45, 2.75) is 4.90 Å². The Morgan fingerprint density at radius 3 is 2.19 bits per heavy atom. The summed E-state index contributed by atoms with van der Waals surface area (Å²) in [6.07, 6.45) is 1.61. The number of hydrazone groups is 1. The SMILES string of the molecule is O=C(CSc1ccccc1)N/N=C\c1ccc(Oc2ccccc2)cc1. The van der Waals surface area contributed by atoms with Crippen LogP contribution >= 0.6 is 11.8 Å². The largest absolute Gasteiger partial charge is 0.457 e. The predicted molar refractivity (Wildman–Crippen MR) is 106 cm³/mol. The Bertz CT molecular complexity index is 850. The van der Waals surface area contributed by atoms with Crippen LogP contribution in [0.15, 0.2) is 94.9 Å². The average Bonchev–Trinajstić information content (AvgIpc) is 2.69. The van der Waals surface area contributed by atoms with Crippen molar-refractivity contribution < 1.29 is 9.53 Å². The number of nitrogens with zero attached hydrogens (tertiary/aromatic N) is 1. The highest BCUT2D eigenvalue weighted by Crippen LogP contribution is 2.20. The molecule has 130 valence electrons. The smallest absolute Gasteiger partial charge is 0.250 e. The standard InChI is InChI=1S/C21H18N2O2S/c24-21(16-26-20-9-5-2-6-10-20)23-22-15-17-11-13-19(14-12-17)25-18-7-3-1-4-8-18/h1-15H,16H2,(H,23,24)/b22-15-. The highest BCUT2D eigenvalue weighted by Gasteiger charge is 2.01. The van der Waals surface area contributed by atoms with Crippen LogP contribution in [0, 0.1) is 0 Å². The molecule has 0 saturated carbocycles. The van der Waals surface area contributed by atoms with Crippen molar-refractivity contribution >= 4 is 23.9 Å². The van der Waals surface area contributed by atoms with Crippen LogP contribution in [0.4, 0.5) is 0 Å². The molecule has 0 spiro atoms. The van der Waals surface area contributed by atoms with Crippen molar-refractivity contribution in [2.75, 3.05) is 5.75 Å². The van der Waals surface area contributed by atoms with Gasteiger partial charge >= 0.3 is 0 Å². The molecule has 0 unspecified atom stereocenters. The van der Waals surface area contributed by atoms with Crippen LogP contribution in [-0.4, -0.2) is 17.9 Å². The minimum absolute atomic E-state index is 0.140. The summed E-state index contributed by atoms with van der Waals surface area (Å²) < 4.78 is 5.73. The number of benzene rings is 3. The van der Waals surface area contributed by atoms with Gasteiger partial charge in [0.05, 0.1) is 12.0 Å². The monoisotopic (exact) mass is 362 g/mol. The summed E-state index contributed by atoms with van der Waals surface area (Å²) in [5, 5.41) is 3.99. The molecule has 26 heavy (non-hydrogen) atoms. The van der Waals surface area contributed by atoms with Crippen LogP contribution in [0.3, 0.4) is 0 Å². The summed E-state index contributed by atoms with van der Waals surface area (Å²) in [5.41, 5.74) is 3.41. The zero-order chi connectivity index (χ0) is 18.0. The second-order valence-electron chi connectivity index (χ2n) is 5.38. The molecule has 3 rings (SSSR count). The van der Waals surface area contributed by atoms with Gasteiger partial charge in [-0.3, -0.25) is 4.79 Å². The maximum Gasteiger partial charge on any atom is 0.250 e. The fraction of sp³-hybridized carbons (Fsp3) is 0.0476. The lowest BCUT2D eigenvalue weighted by Gasteiger charge is -2.05. The topological polar surface area (TPSA) is 50.7 Å². The fourth-order valence-corrected chi connectivity index (χ4v) is 2.84. The lowest BCUT2D eigenvalue weighted by atomic mass is 10.2. The summed E-state index contributed by atoms with van der Waals surface area (Å²) in [4.78, 5) is 12.9. The quantitative estimate of drug-likeness (QED) is 0.376. The predicted octanol–water partition coefficient (Wildman–Crippen LogP) is 4.72. The maximum absolute atomic E-state index is 11.8. The zero-order valence-electron chi connectivity index (χ0n) is 14.0. The molecule has 3 aromatic carbocycles. The molecule has 0 radical (unpaired) electrons. The van der Waals surface area contributed by atoms with Crippen molar-refractivity contribution in [1.29, 1.82) is 0 Å². The number of hydrogen-bond acceptors (Lipinski definition) is 4. The van der Waals surface area contributed by atoms with Gasteiger partial charge in [-0.25, -0.2) is 5.43 Å². The van der Waals surface area contributed by atoms with Gasteiger partial charge in [-0.2, -0.15) is 5.10 Å². The van der Waals surface area contributed by atoms with E-state index in [2.05, 4.69) is 10.5 Å². The van der Waals surface area contributed by atoms with E-state index in [1.807, 2.05) is 84.9 Å². The lowest BCUT2D eigenvalue weighted by Crippen LogP contribution is -2.19. The number of para-hydroxylation sites is 1. The van der Waals surface area contributed by atoms with E-state index in [0.717, 1.165) is 22.0 Å². The molecule has 0 bridgehead atoms. The molecule has 3 aromatic rings. The first-order valence-corrected chi connectivity index (χ1v) is 9.11. The maximum atomic E-state index is 11.8. The van der Waals surface area contributed by atoms with Gasteiger partial charge in [-0.1, -0.05) is 36.4 Å². The number of carbonyl (C=O) groups excluding carboxylic acids is 1. The van der Waals surface area contributed by atoms with Gasteiger partial charge in [-0.15, -0.1) is 11.8 Å². The summed E-state index contributed by atoms with van der Waals surface area (Å²) in [7, 11) is 0. The molecule has 0 saturated heterocycles. The molecular weight excluding hydrogens is 344 g/mol. The Balaban J connectivity index is 1.45. The van der Waals surface area contributed by atoms with Gasteiger partial charge < -0.3 is 4.74 Å². The van der Waals surface area contributed by atoms with E-state index in [9.17, 15) is 4.79 Å². The van der Waals surface area contributed by atoms with E-state index in [0.29, 0.717) is 5.75 Å². The minimum atomic E-state index is -0.140. The minimum Gasteiger partial charge on any atom is -0.457 e. The third-order valence-corrected chi connectivity index (χ3v) is 4.39. The van der Waals surface area contributed by atoms with Crippen molar-refractivity contribution in [3.8, 4) is 11.5 Å². The molecule has 1 amide bonds. The van der Waals surface area contributed by atoms with E-state index in [1.54, 1.807) is 6.21 Å². The van der Waals surface area contributed by atoms with E-state index >= 15 is 0 Å². The van der Waals surface area contributed by atoms with Crippen molar-refractivity contribution in [3.05, 3.63) is 90.5 Å². The second-order valence-corrected chi connectivity index (χ2v) is 6.43. The molecule has 0 aliphatic rings. The van der Waals surface area contributed by atoms with Crippen LogP contribution in [0.5, 0.6) is 11.5 Å². The third kappa shape index (κ3) is 5.79. The van der Waals surface area contributed by atoms with E-state index in [1.165, 1.54) is 11.8 Å². The number of amides is 1. The summed E-state index contributed by atoms with van der Waals surface area (Å²) in [5.74, 6) is 1.72. The number of rotatable bonds is 7. The first-order chi connectivity index (χ1) is 12.8. The van der Waals surface area contributed by atoms with Gasteiger partial charge in [0.15, 0.2) is 0 Å². The first-order valence-electron chi connectivity index (χ1n) is 8.12. The molecule has 0 fully saturated rings. The van der Waals surface area contributed by atoms with Gasteiger partial charge in [0.2, 0.25) is 5.91 Å². The number of nitrogens with one attached hydrogen (secondary N) is 1. The Morgan fingerprint density at radius 1 is 0.885 bits per heavy atom. The van der Waals surface area contributed by atoms with Gasteiger partial charge in [0.25, 0.3) is 0 Å². The Morgan fingerprint density at radius 2 is 1.50 bits per heavy atom. The molecule has 5 heteroatoms. The number of carbonyl (C=O) groups is 1. The second kappa shape index (κ2) is 9.44. The third-order valence-electron chi connectivity index (χ3n) is 3.38. The molecule has 4 nitrogen and oxygen atoms in total. The first kappa shape index (κ1) is 17.8. The molecule has 0 aliphatic heterocycles. The van der Waals surface area contributed by atoms with E-state index in [-0.39, 0.29) is 5.91 Å². The summed E-state index contributed by atoms with van der Waals surface area (Å²) in [6, 6.07) is 26.9. The number of thioether (sulfide) groups is 1. The van der Waals surface area contributed by atoms with E-state index < -0.39 is 0 Å². The van der Waals surface area contributed by atoms with E-state index in [4.69, 9.17) is 4.74 Å². The van der Waals surface area contributed by atoms with Crippen LogP contribution < -0.4 is 10.2 Å². The summed E-state index contributed by atoms with van der Waals surface area (Å²) in [6.45, 7) is 0. The van der Waals surface area contributed by atoms with Crippen LogP contribution in [0.1, 0.15) is 5.56 Å². The van der Waals surface area contributed by atoms with Crippen molar-refractivity contribution in [1.82, 2.24) is 5.43 Å². The van der Waals surface area contributed by atoms with Crippen LogP contribution in [0.2, 0.25) is 0 Å². The molecule has 0 aromatic heterocycles. The highest BCUT2D eigenvalue weighted by atomic mass is 32.2. The van der Waals surface area contributed by atoms with Crippen molar-refractivity contribution in [2.24, 2.45) is 5.10 Å². The van der Waals surface area contributed by atoms with Crippen molar-refractivity contribution in [3.63, 3.8) is 0 Å². The zero-order valence-corrected chi connectivity index (χ0v) is 14.9. The Labute approximate surface area is 156 Å². The highest BCUT2D eigenvalue weighted by molar-refractivity contribution is 8.00. The molecule has 0 atom stereocenters. The van der Waals surface area contributed by atoms with Gasteiger partial charge in [0.1, 0.15) is 11.5 Å². The normalized spacial score (nSPS) is 10.6. The molecular formula is C21H18N2O2S. The number of hydrogen-bond donors (Lipinski definition) is 1. The fourth-order valence-electron chi connectivity index (χ4n) is 2.12. The molecule has 1 N–H and O–H groups in total. The number of ether oxygens (including phenoxy) is 1. The molecule has 0 heterocycles. The average molecular weight is 362 g/mol. The molecule has 0 aliphatic carbocycles. The Kier molecular flexibility index (Phi) is 6.45. The Hall–Kier alpha value is -3.05. The van der Waals surface area contributed by atoms with Crippen LogP contribution in [-0.2, 0) is 4.79 Å². The van der Waals surface area contributed by atoms with Gasteiger partial charge in [-0.05, 0) is 54.1 Å².